The molecule has 1 saturated heterocycles. The number of nitrogens with zero attached hydrogens (tertiary/aromatic N) is 2. The number of ether oxygens (including phenoxy) is 2. The van der Waals surface area contributed by atoms with Gasteiger partial charge in [0.05, 0.1) is 12.2 Å². The molecular formula is C17H19F3N2O2S. The second-order valence-corrected chi connectivity index (χ2v) is 6.95. The van der Waals surface area contributed by atoms with Crippen molar-refractivity contribution in [2.24, 2.45) is 0 Å². The van der Waals surface area contributed by atoms with Crippen molar-refractivity contribution in [3.63, 3.8) is 0 Å². The maximum Gasteiger partial charge on any atom is 0.417 e. The molecule has 8 heteroatoms. The first-order valence-corrected chi connectivity index (χ1v) is 8.83. The van der Waals surface area contributed by atoms with E-state index in [4.69, 9.17) is 9.47 Å². The van der Waals surface area contributed by atoms with Crippen LogP contribution in [0.1, 0.15) is 16.0 Å². The van der Waals surface area contributed by atoms with Gasteiger partial charge in [-0.05, 0) is 30.0 Å². The maximum atomic E-state index is 12.5. The highest BCUT2D eigenvalue weighted by Crippen LogP contribution is 2.29. The van der Waals surface area contributed by atoms with Crippen molar-refractivity contribution in [3.8, 4) is 5.88 Å². The van der Waals surface area contributed by atoms with Gasteiger partial charge in [0, 0.05) is 36.8 Å². The lowest BCUT2D eigenvalue weighted by Crippen LogP contribution is -2.44. The Bertz CT molecular complexity index is 688. The second kappa shape index (κ2) is 7.72. The molecule has 0 amide bonds. The van der Waals surface area contributed by atoms with E-state index in [1.165, 1.54) is 16.5 Å². The number of alkyl halides is 3. The highest BCUT2D eigenvalue weighted by atomic mass is 32.1. The molecule has 0 saturated carbocycles. The average molecular weight is 372 g/mol. The number of rotatable bonds is 5. The Labute approximate surface area is 148 Å². The minimum atomic E-state index is -4.39. The highest BCUT2D eigenvalue weighted by molar-refractivity contribution is 7.10. The van der Waals surface area contributed by atoms with Crippen LogP contribution in [-0.2, 0) is 17.5 Å². The van der Waals surface area contributed by atoms with Crippen molar-refractivity contribution < 1.29 is 22.6 Å². The first kappa shape index (κ1) is 18.2. The van der Waals surface area contributed by atoms with Gasteiger partial charge in [0.1, 0.15) is 12.7 Å². The minimum Gasteiger partial charge on any atom is -0.475 e. The summed E-state index contributed by atoms with van der Waals surface area (Å²) in [6.07, 6.45) is -3.74. The highest BCUT2D eigenvalue weighted by Gasteiger charge is 2.30. The molecule has 25 heavy (non-hydrogen) atoms. The van der Waals surface area contributed by atoms with Gasteiger partial charge in [-0.2, -0.15) is 13.2 Å². The number of hydrogen-bond donors (Lipinski definition) is 0. The van der Waals surface area contributed by atoms with Crippen LogP contribution < -0.4 is 4.74 Å². The lowest BCUT2D eigenvalue weighted by atomic mass is 10.2. The summed E-state index contributed by atoms with van der Waals surface area (Å²) in [5, 5.41) is 2.09. The Morgan fingerprint density at radius 1 is 1.36 bits per heavy atom. The molecular weight excluding hydrogens is 353 g/mol. The molecule has 2 aromatic heterocycles. The lowest BCUT2D eigenvalue weighted by Gasteiger charge is -2.32. The Morgan fingerprint density at radius 2 is 2.20 bits per heavy atom. The van der Waals surface area contributed by atoms with Crippen molar-refractivity contribution in [2.75, 3.05) is 26.3 Å². The lowest BCUT2D eigenvalue weighted by molar-refractivity contribution is -0.137. The van der Waals surface area contributed by atoms with Crippen LogP contribution in [0.2, 0.25) is 0 Å². The van der Waals surface area contributed by atoms with E-state index in [1.54, 1.807) is 11.3 Å². The third-order valence-corrected chi connectivity index (χ3v) is 5.05. The number of aromatic nitrogens is 1. The van der Waals surface area contributed by atoms with Crippen molar-refractivity contribution in [1.29, 1.82) is 0 Å². The van der Waals surface area contributed by atoms with E-state index >= 15 is 0 Å². The summed E-state index contributed by atoms with van der Waals surface area (Å²) in [5.41, 5.74) is 0.504. The van der Waals surface area contributed by atoms with Crippen LogP contribution in [0.5, 0.6) is 5.88 Å². The third kappa shape index (κ3) is 4.93. The molecule has 0 aliphatic carbocycles. The van der Waals surface area contributed by atoms with Gasteiger partial charge in [-0.3, -0.25) is 4.90 Å². The topological polar surface area (TPSA) is 34.6 Å². The fraction of sp³-hybridized carbons (Fsp3) is 0.471. The van der Waals surface area contributed by atoms with E-state index in [1.807, 2.05) is 0 Å². The quantitative estimate of drug-likeness (QED) is 0.801. The molecule has 0 radical (unpaired) electrons. The number of aryl methyl sites for hydroxylation is 1. The van der Waals surface area contributed by atoms with Gasteiger partial charge in [0.25, 0.3) is 0 Å². The SMILES string of the molecule is Cc1ccsc1CN1CCOC(COc2ccc(C(F)(F)F)cn2)C1. The average Bonchev–Trinajstić information content (AvgIpc) is 2.98. The van der Waals surface area contributed by atoms with Gasteiger partial charge in [-0.1, -0.05) is 0 Å². The second-order valence-electron chi connectivity index (χ2n) is 5.95. The largest absolute Gasteiger partial charge is 0.475 e. The summed E-state index contributed by atoms with van der Waals surface area (Å²) in [4.78, 5) is 7.35. The van der Waals surface area contributed by atoms with Crippen LogP contribution in [0.3, 0.4) is 0 Å². The number of halogens is 3. The molecule has 0 aromatic carbocycles. The van der Waals surface area contributed by atoms with Gasteiger partial charge in [0.15, 0.2) is 0 Å². The first-order chi connectivity index (χ1) is 11.9. The van der Waals surface area contributed by atoms with E-state index in [9.17, 15) is 13.2 Å². The van der Waals surface area contributed by atoms with Gasteiger partial charge in [0.2, 0.25) is 5.88 Å². The predicted molar refractivity (Wildman–Crippen MR) is 88.8 cm³/mol. The molecule has 1 aliphatic rings. The fourth-order valence-corrected chi connectivity index (χ4v) is 3.55. The number of morpholine rings is 1. The molecule has 1 aliphatic heterocycles. The number of pyridine rings is 1. The summed E-state index contributed by atoms with van der Waals surface area (Å²) in [6.45, 7) is 5.42. The third-order valence-electron chi connectivity index (χ3n) is 4.04. The van der Waals surface area contributed by atoms with Crippen molar-refractivity contribution in [2.45, 2.75) is 25.7 Å². The molecule has 1 atom stereocenters. The minimum absolute atomic E-state index is 0.127. The molecule has 1 fully saturated rings. The van der Waals surface area contributed by atoms with Crippen LogP contribution in [0.25, 0.3) is 0 Å². The summed E-state index contributed by atoms with van der Waals surface area (Å²) in [7, 11) is 0. The van der Waals surface area contributed by atoms with E-state index in [-0.39, 0.29) is 18.6 Å². The molecule has 0 spiro atoms. The smallest absolute Gasteiger partial charge is 0.417 e. The zero-order valence-electron chi connectivity index (χ0n) is 13.8. The Morgan fingerprint density at radius 3 is 2.84 bits per heavy atom. The fourth-order valence-electron chi connectivity index (χ4n) is 2.61. The van der Waals surface area contributed by atoms with Crippen molar-refractivity contribution >= 4 is 11.3 Å². The monoisotopic (exact) mass is 372 g/mol. The molecule has 3 rings (SSSR count). The van der Waals surface area contributed by atoms with Crippen LogP contribution in [0.15, 0.2) is 29.8 Å². The molecule has 3 heterocycles. The summed E-state index contributed by atoms with van der Waals surface area (Å²) < 4.78 is 48.7. The predicted octanol–water partition coefficient (Wildman–Crippen LogP) is 3.75. The van der Waals surface area contributed by atoms with Crippen molar-refractivity contribution in [3.05, 3.63) is 45.8 Å². The Balaban J connectivity index is 1.50. The molecule has 4 nitrogen and oxygen atoms in total. The standard InChI is InChI=1S/C17H19F3N2O2S/c1-12-4-7-25-15(12)10-22-5-6-23-14(9-22)11-24-16-3-2-13(8-21-16)17(18,19)20/h2-4,7-8,14H,5-6,9-11H2,1H3. The molecule has 136 valence electrons. The van der Waals surface area contributed by atoms with Crippen LogP contribution in [0, 0.1) is 6.92 Å². The van der Waals surface area contributed by atoms with Crippen molar-refractivity contribution in [1.82, 2.24) is 9.88 Å². The van der Waals surface area contributed by atoms with E-state index < -0.39 is 11.7 Å². The van der Waals surface area contributed by atoms with Gasteiger partial charge >= 0.3 is 6.18 Å². The Kier molecular flexibility index (Phi) is 5.61. The summed E-state index contributed by atoms with van der Waals surface area (Å²) >= 11 is 1.74. The van der Waals surface area contributed by atoms with E-state index in [0.717, 1.165) is 31.9 Å². The van der Waals surface area contributed by atoms with Crippen LogP contribution >= 0.6 is 11.3 Å². The van der Waals surface area contributed by atoms with E-state index in [0.29, 0.717) is 6.61 Å². The normalized spacial score (nSPS) is 19.1. The first-order valence-electron chi connectivity index (χ1n) is 7.95. The van der Waals surface area contributed by atoms with Crippen LogP contribution in [0.4, 0.5) is 13.2 Å². The molecule has 1 unspecified atom stereocenters. The molecule has 0 N–H and O–H groups in total. The Hall–Kier alpha value is -1.64. The molecule has 0 bridgehead atoms. The molecule has 2 aromatic rings. The van der Waals surface area contributed by atoms with Gasteiger partial charge in [-0.25, -0.2) is 4.98 Å². The van der Waals surface area contributed by atoms with E-state index in [2.05, 4.69) is 28.3 Å². The van der Waals surface area contributed by atoms with Gasteiger partial charge < -0.3 is 9.47 Å². The van der Waals surface area contributed by atoms with Crippen LogP contribution in [-0.4, -0.2) is 42.3 Å². The van der Waals surface area contributed by atoms with Gasteiger partial charge in [-0.15, -0.1) is 11.3 Å². The number of hydrogen-bond acceptors (Lipinski definition) is 5. The number of thiophene rings is 1. The summed E-state index contributed by atoms with van der Waals surface area (Å²) in [5.74, 6) is 0.169. The zero-order chi connectivity index (χ0) is 17.9. The summed E-state index contributed by atoms with van der Waals surface area (Å²) in [6, 6.07) is 4.31. The zero-order valence-corrected chi connectivity index (χ0v) is 14.6. The maximum absolute atomic E-state index is 12.5.